The third-order valence-electron chi connectivity index (χ3n) is 2.60. The highest BCUT2D eigenvalue weighted by atomic mass is 16.4. The first-order chi connectivity index (χ1) is 8.74. The van der Waals surface area contributed by atoms with Gasteiger partial charge in [0.15, 0.2) is 5.69 Å². The van der Waals surface area contributed by atoms with Gasteiger partial charge in [0.2, 0.25) is 0 Å². The maximum Gasteiger partial charge on any atom is 0.356 e. The first-order valence-electron chi connectivity index (χ1n) is 5.27. The lowest BCUT2D eigenvalue weighted by molar-refractivity contribution is 0.0690. The molecule has 1 N–H and O–H groups in total. The third kappa shape index (κ3) is 1.71. The minimum absolute atomic E-state index is 0.0696. The fraction of sp³-hybridized carbons (Fsp3) is 0. The van der Waals surface area contributed by atoms with Crippen molar-refractivity contribution in [1.29, 1.82) is 0 Å². The Balaban J connectivity index is 2.13. The van der Waals surface area contributed by atoms with Crippen LogP contribution in [0.1, 0.15) is 10.5 Å². The van der Waals surface area contributed by atoms with E-state index >= 15 is 0 Å². The molecule has 3 aromatic rings. The number of hydrogen-bond acceptors (Lipinski definition) is 4. The van der Waals surface area contributed by atoms with Crippen LogP contribution in [0.4, 0.5) is 0 Å². The van der Waals surface area contributed by atoms with E-state index in [4.69, 9.17) is 9.52 Å². The van der Waals surface area contributed by atoms with Crippen molar-refractivity contribution in [3.05, 3.63) is 48.6 Å². The first-order valence-corrected chi connectivity index (χ1v) is 5.27. The summed E-state index contributed by atoms with van der Waals surface area (Å²) in [5.41, 5.74) is 2.04. The average molecular weight is 240 g/mol. The zero-order valence-corrected chi connectivity index (χ0v) is 9.20. The predicted molar refractivity (Wildman–Crippen MR) is 64.2 cm³/mol. The minimum atomic E-state index is -1.09. The number of aromatic nitrogens is 2. The van der Waals surface area contributed by atoms with E-state index in [0.717, 1.165) is 16.5 Å². The van der Waals surface area contributed by atoms with Crippen LogP contribution in [0.2, 0.25) is 0 Å². The number of fused-ring (bicyclic) bond motifs is 1. The predicted octanol–water partition coefficient (Wildman–Crippen LogP) is 2.59. The molecule has 0 aliphatic rings. The number of nitrogens with zero attached hydrogens (tertiary/aromatic N) is 2. The van der Waals surface area contributed by atoms with Gasteiger partial charge in [-0.3, -0.25) is 4.98 Å². The van der Waals surface area contributed by atoms with Crippen LogP contribution in [0.5, 0.6) is 0 Å². The third-order valence-corrected chi connectivity index (χ3v) is 2.60. The Morgan fingerprint density at radius 3 is 2.94 bits per heavy atom. The van der Waals surface area contributed by atoms with E-state index in [-0.39, 0.29) is 5.69 Å². The summed E-state index contributed by atoms with van der Waals surface area (Å²) >= 11 is 0. The van der Waals surface area contributed by atoms with E-state index in [0.29, 0.717) is 5.69 Å². The summed E-state index contributed by atoms with van der Waals surface area (Å²) in [5, 5.41) is 9.82. The Morgan fingerprint density at radius 2 is 2.11 bits per heavy atom. The summed E-state index contributed by atoms with van der Waals surface area (Å²) in [6.07, 6.45) is 4.36. The molecule has 0 saturated heterocycles. The number of aromatic carboxylic acids is 1. The molecule has 0 atom stereocenters. The van der Waals surface area contributed by atoms with Gasteiger partial charge in [-0.05, 0) is 24.3 Å². The maximum atomic E-state index is 10.8. The fourth-order valence-corrected chi connectivity index (χ4v) is 1.73. The Labute approximate surface area is 102 Å². The summed E-state index contributed by atoms with van der Waals surface area (Å²) < 4.78 is 5.24. The zero-order valence-electron chi connectivity index (χ0n) is 9.20. The Morgan fingerprint density at radius 1 is 1.22 bits per heavy atom. The molecule has 3 rings (SSSR count). The van der Waals surface area contributed by atoms with Crippen LogP contribution in [0, 0.1) is 0 Å². The van der Waals surface area contributed by atoms with Gasteiger partial charge in [0.05, 0.1) is 24.4 Å². The van der Waals surface area contributed by atoms with E-state index in [1.165, 1.54) is 12.4 Å². The second-order valence-corrected chi connectivity index (χ2v) is 3.77. The molecule has 0 bridgehead atoms. The standard InChI is InChI=1S/C13H8N2O3/c16-13(17)11-7-14-6-10(15-11)8-1-2-12-9(5-8)3-4-18-12/h1-7H,(H,16,17). The van der Waals surface area contributed by atoms with Gasteiger partial charge < -0.3 is 9.52 Å². The first kappa shape index (κ1) is 10.5. The molecule has 0 fully saturated rings. The zero-order chi connectivity index (χ0) is 12.5. The molecule has 0 aliphatic heterocycles. The van der Waals surface area contributed by atoms with Crippen LogP contribution in [0.15, 0.2) is 47.3 Å². The molecule has 0 radical (unpaired) electrons. The van der Waals surface area contributed by atoms with Crippen LogP contribution in [0.3, 0.4) is 0 Å². The summed E-state index contributed by atoms with van der Waals surface area (Å²) in [6.45, 7) is 0. The van der Waals surface area contributed by atoms with Crippen molar-refractivity contribution in [2.75, 3.05) is 0 Å². The number of benzene rings is 1. The lowest BCUT2D eigenvalue weighted by Gasteiger charge is -2.01. The smallest absolute Gasteiger partial charge is 0.356 e. The summed E-state index contributed by atoms with van der Waals surface area (Å²) in [4.78, 5) is 18.8. The molecule has 1 aromatic carbocycles. The van der Waals surface area contributed by atoms with Gasteiger partial charge in [0.25, 0.3) is 0 Å². The van der Waals surface area contributed by atoms with Crippen molar-refractivity contribution >= 4 is 16.9 Å². The molecular weight excluding hydrogens is 232 g/mol. The molecular formula is C13H8N2O3. The molecule has 0 unspecified atom stereocenters. The van der Waals surface area contributed by atoms with Gasteiger partial charge in [0.1, 0.15) is 5.58 Å². The SMILES string of the molecule is O=C(O)c1cncc(-c2ccc3occc3c2)n1. The normalized spacial score (nSPS) is 10.7. The number of carboxylic acid groups (broad SMARTS) is 1. The number of rotatable bonds is 2. The summed E-state index contributed by atoms with van der Waals surface area (Å²) in [7, 11) is 0. The lowest BCUT2D eigenvalue weighted by atomic mass is 10.1. The van der Waals surface area contributed by atoms with Crippen LogP contribution in [-0.2, 0) is 0 Å². The molecule has 5 heteroatoms. The van der Waals surface area contributed by atoms with Crippen LogP contribution in [0.25, 0.3) is 22.2 Å². The number of furan rings is 1. The maximum absolute atomic E-state index is 10.8. The molecule has 2 heterocycles. The van der Waals surface area contributed by atoms with Gasteiger partial charge in [0, 0.05) is 10.9 Å². The van der Waals surface area contributed by atoms with Crippen LogP contribution < -0.4 is 0 Å². The highest BCUT2D eigenvalue weighted by Gasteiger charge is 2.08. The van der Waals surface area contributed by atoms with Crippen molar-refractivity contribution in [3.8, 4) is 11.3 Å². The average Bonchev–Trinajstić information content (AvgIpc) is 2.86. The Hall–Kier alpha value is -2.69. The van der Waals surface area contributed by atoms with Crippen molar-refractivity contribution in [3.63, 3.8) is 0 Å². The fourth-order valence-electron chi connectivity index (χ4n) is 1.73. The number of carboxylic acids is 1. The Bertz CT molecular complexity index is 734. The minimum Gasteiger partial charge on any atom is -0.476 e. The number of carbonyl (C=O) groups is 1. The molecule has 0 amide bonds. The summed E-state index contributed by atoms with van der Waals surface area (Å²) in [5.74, 6) is -1.09. The van der Waals surface area contributed by atoms with Crippen molar-refractivity contribution < 1.29 is 14.3 Å². The molecule has 88 valence electrons. The lowest BCUT2D eigenvalue weighted by Crippen LogP contribution is -2.01. The van der Waals surface area contributed by atoms with E-state index in [1.54, 1.807) is 6.26 Å². The van der Waals surface area contributed by atoms with E-state index in [1.807, 2.05) is 24.3 Å². The molecule has 18 heavy (non-hydrogen) atoms. The van der Waals surface area contributed by atoms with Crippen molar-refractivity contribution in [1.82, 2.24) is 9.97 Å². The van der Waals surface area contributed by atoms with Crippen LogP contribution >= 0.6 is 0 Å². The highest BCUT2D eigenvalue weighted by molar-refractivity contribution is 5.86. The second kappa shape index (κ2) is 3.96. The van der Waals surface area contributed by atoms with Crippen LogP contribution in [-0.4, -0.2) is 21.0 Å². The van der Waals surface area contributed by atoms with Gasteiger partial charge in [-0.1, -0.05) is 0 Å². The van der Waals surface area contributed by atoms with Gasteiger partial charge >= 0.3 is 5.97 Å². The second-order valence-electron chi connectivity index (χ2n) is 3.77. The molecule has 0 saturated carbocycles. The largest absolute Gasteiger partial charge is 0.476 e. The molecule has 2 aromatic heterocycles. The molecule has 0 spiro atoms. The molecule has 0 aliphatic carbocycles. The van der Waals surface area contributed by atoms with E-state index < -0.39 is 5.97 Å². The van der Waals surface area contributed by atoms with Crippen molar-refractivity contribution in [2.24, 2.45) is 0 Å². The topological polar surface area (TPSA) is 76.2 Å². The highest BCUT2D eigenvalue weighted by Crippen LogP contribution is 2.23. The monoisotopic (exact) mass is 240 g/mol. The molecule has 5 nitrogen and oxygen atoms in total. The Kier molecular flexibility index (Phi) is 2.30. The quantitative estimate of drug-likeness (QED) is 0.745. The van der Waals surface area contributed by atoms with E-state index in [2.05, 4.69) is 9.97 Å². The summed E-state index contributed by atoms with van der Waals surface area (Å²) in [6, 6.07) is 7.36. The van der Waals surface area contributed by atoms with Crippen molar-refractivity contribution in [2.45, 2.75) is 0 Å². The van der Waals surface area contributed by atoms with E-state index in [9.17, 15) is 4.79 Å². The number of hydrogen-bond donors (Lipinski definition) is 1. The van der Waals surface area contributed by atoms with Gasteiger partial charge in [-0.25, -0.2) is 9.78 Å². The van der Waals surface area contributed by atoms with Gasteiger partial charge in [-0.15, -0.1) is 0 Å². The van der Waals surface area contributed by atoms with Gasteiger partial charge in [-0.2, -0.15) is 0 Å².